The fourth-order valence-corrected chi connectivity index (χ4v) is 4.47. The Bertz CT molecular complexity index is 1050. The van der Waals surface area contributed by atoms with Crippen LogP contribution in [0.5, 0.6) is 5.88 Å². The Labute approximate surface area is 179 Å². The minimum absolute atomic E-state index is 0.204. The Kier molecular flexibility index (Phi) is 5.67. The van der Waals surface area contributed by atoms with Gasteiger partial charge in [-0.25, -0.2) is 23.7 Å². The van der Waals surface area contributed by atoms with Gasteiger partial charge in [0.1, 0.15) is 12.2 Å². The van der Waals surface area contributed by atoms with Crippen LogP contribution >= 0.6 is 0 Å². The molecule has 9 heteroatoms. The third kappa shape index (κ3) is 4.32. The van der Waals surface area contributed by atoms with Crippen molar-refractivity contribution < 1.29 is 13.5 Å². The summed E-state index contributed by atoms with van der Waals surface area (Å²) in [6, 6.07) is 5.86. The first-order valence-electron chi connectivity index (χ1n) is 10.8. The van der Waals surface area contributed by atoms with Gasteiger partial charge in [-0.15, -0.1) is 0 Å². The maximum Gasteiger partial charge on any atom is 0.272 e. The highest BCUT2D eigenvalue weighted by Gasteiger charge is 2.21. The highest BCUT2D eigenvalue weighted by atomic mass is 19.3. The molecule has 2 aromatic heterocycles. The number of anilines is 1. The monoisotopic (exact) mass is 428 g/mol. The average Bonchev–Trinajstić information content (AvgIpc) is 3.20. The van der Waals surface area contributed by atoms with Crippen LogP contribution in [0, 0.1) is 0 Å². The van der Waals surface area contributed by atoms with E-state index in [1.54, 1.807) is 0 Å². The summed E-state index contributed by atoms with van der Waals surface area (Å²) in [4.78, 5) is 17.7. The van der Waals surface area contributed by atoms with E-state index in [2.05, 4.69) is 29.3 Å². The Morgan fingerprint density at radius 3 is 2.71 bits per heavy atom. The van der Waals surface area contributed by atoms with Crippen LogP contribution < -0.4 is 9.64 Å². The fraction of sp³-hybridized carbons (Fsp3) is 0.500. The van der Waals surface area contributed by atoms with Crippen molar-refractivity contribution in [3.8, 4) is 5.88 Å². The maximum atomic E-state index is 12.6. The molecule has 1 fully saturated rings. The van der Waals surface area contributed by atoms with Gasteiger partial charge in [0, 0.05) is 50.3 Å². The lowest BCUT2D eigenvalue weighted by Gasteiger charge is -2.36. The number of halogens is 2. The predicted octanol–water partition coefficient (Wildman–Crippen LogP) is 3.13. The zero-order valence-corrected chi connectivity index (χ0v) is 17.4. The first kappa shape index (κ1) is 20.1. The number of piperazine rings is 1. The maximum absolute atomic E-state index is 12.6. The molecule has 0 N–H and O–H groups in total. The normalized spacial score (nSPS) is 17.3. The summed E-state index contributed by atoms with van der Waals surface area (Å²) in [5, 5.41) is 0.659. The Hall–Kier alpha value is -2.81. The van der Waals surface area contributed by atoms with Crippen molar-refractivity contribution in [2.24, 2.45) is 0 Å². The largest absolute Gasteiger partial charge is 0.471 e. The van der Waals surface area contributed by atoms with Crippen molar-refractivity contribution in [1.29, 1.82) is 0 Å². The van der Waals surface area contributed by atoms with Crippen molar-refractivity contribution in [3.05, 3.63) is 42.2 Å². The second kappa shape index (κ2) is 8.74. The molecular weight excluding hydrogens is 402 g/mol. The fourth-order valence-electron chi connectivity index (χ4n) is 4.47. The van der Waals surface area contributed by atoms with Crippen LogP contribution in [-0.2, 0) is 19.5 Å². The molecule has 0 bridgehead atoms. The van der Waals surface area contributed by atoms with E-state index in [0.717, 1.165) is 51.4 Å². The quantitative estimate of drug-likeness (QED) is 0.601. The third-order valence-electron chi connectivity index (χ3n) is 6.12. The number of aromatic nitrogens is 4. The SMILES string of the molecule is FC(F)COc1ncnc2ccc(N3CCN(Cc4ncc5n4CCCC5)CC3)cc12. The van der Waals surface area contributed by atoms with E-state index in [1.807, 2.05) is 24.4 Å². The van der Waals surface area contributed by atoms with E-state index in [0.29, 0.717) is 10.9 Å². The van der Waals surface area contributed by atoms with Crippen LogP contribution in [0.25, 0.3) is 10.9 Å². The first-order chi connectivity index (χ1) is 15.2. The van der Waals surface area contributed by atoms with Gasteiger partial charge >= 0.3 is 0 Å². The molecule has 31 heavy (non-hydrogen) atoms. The molecule has 2 aliphatic heterocycles. The van der Waals surface area contributed by atoms with Crippen LogP contribution in [0.2, 0.25) is 0 Å². The van der Waals surface area contributed by atoms with Gasteiger partial charge in [0.05, 0.1) is 17.4 Å². The topological polar surface area (TPSA) is 59.3 Å². The highest BCUT2D eigenvalue weighted by molar-refractivity contribution is 5.86. The summed E-state index contributed by atoms with van der Waals surface area (Å²) < 4.78 is 32.7. The van der Waals surface area contributed by atoms with Gasteiger partial charge in [0.25, 0.3) is 6.43 Å². The van der Waals surface area contributed by atoms with Crippen molar-refractivity contribution >= 4 is 16.6 Å². The molecule has 0 radical (unpaired) electrons. The van der Waals surface area contributed by atoms with Gasteiger partial charge in [0.2, 0.25) is 5.88 Å². The number of aryl methyl sites for hydroxylation is 1. The molecule has 0 amide bonds. The molecule has 2 aliphatic rings. The zero-order chi connectivity index (χ0) is 21.2. The highest BCUT2D eigenvalue weighted by Crippen LogP contribution is 2.28. The second-order valence-electron chi connectivity index (χ2n) is 8.12. The van der Waals surface area contributed by atoms with Gasteiger partial charge in [-0.1, -0.05) is 0 Å². The summed E-state index contributed by atoms with van der Waals surface area (Å²) in [6.07, 6.45) is 4.47. The summed E-state index contributed by atoms with van der Waals surface area (Å²) in [5.74, 6) is 1.38. The summed E-state index contributed by atoms with van der Waals surface area (Å²) in [5.41, 5.74) is 3.08. The molecule has 3 aromatic rings. The number of hydrogen-bond donors (Lipinski definition) is 0. The molecule has 0 unspecified atom stereocenters. The molecule has 1 aromatic carbocycles. The number of hydrogen-bond acceptors (Lipinski definition) is 6. The molecule has 0 spiro atoms. The Morgan fingerprint density at radius 2 is 1.87 bits per heavy atom. The van der Waals surface area contributed by atoms with Gasteiger partial charge in [-0.3, -0.25) is 4.90 Å². The molecule has 7 nitrogen and oxygen atoms in total. The van der Waals surface area contributed by atoms with Crippen molar-refractivity contribution in [2.45, 2.75) is 38.8 Å². The van der Waals surface area contributed by atoms with E-state index in [9.17, 15) is 8.78 Å². The summed E-state index contributed by atoms with van der Waals surface area (Å²) in [7, 11) is 0. The van der Waals surface area contributed by atoms with Crippen molar-refractivity contribution in [1.82, 2.24) is 24.4 Å². The summed E-state index contributed by atoms with van der Waals surface area (Å²) in [6.45, 7) is 4.96. The van der Waals surface area contributed by atoms with Gasteiger partial charge in [-0.05, 0) is 37.5 Å². The standard InChI is InChI=1S/C22H26F2N6O/c23-20(24)14-31-22-18-11-16(4-5-19(18)26-15-27-22)29-9-7-28(8-10-29)13-21-25-12-17-3-1-2-6-30(17)21/h4-5,11-12,15,20H,1-3,6-10,13-14H2. The number of fused-ring (bicyclic) bond motifs is 2. The number of rotatable bonds is 6. The average molecular weight is 428 g/mol. The lowest BCUT2D eigenvalue weighted by molar-refractivity contribution is 0.0804. The molecule has 1 saturated heterocycles. The number of benzene rings is 1. The van der Waals surface area contributed by atoms with Crippen molar-refractivity contribution in [2.75, 3.05) is 37.7 Å². The molecule has 0 atom stereocenters. The Balaban J connectivity index is 1.26. The number of ether oxygens (including phenoxy) is 1. The van der Waals surface area contributed by atoms with E-state index < -0.39 is 13.0 Å². The number of imidazole rings is 1. The van der Waals surface area contributed by atoms with Gasteiger partial charge in [-0.2, -0.15) is 0 Å². The molecule has 164 valence electrons. The minimum atomic E-state index is -2.54. The van der Waals surface area contributed by atoms with Crippen molar-refractivity contribution in [3.63, 3.8) is 0 Å². The molecular formula is C22H26F2N6O. The van der Waals surface area contributed by atoms with Crippen LogP contribution in [0.4, 0.5) is 14.5 Å². The minimum Gasteiger partial charge on any atom is -0.471 e. The van der Waals surface area contributed by atoms with E-state index in [1.165, 1.54) is 30.7 Å². The lowest BCUT2D eigenvalue weighted by Crippen LogP contribution is -2.46. The van der Waals surface area contributed by atoms with E-state index in [-0.39, 0.29) is 5.88 Å². The van der Waals surface area contributed by atoms with Crippen LogP contribution in [0.3, 0.4) is 0 Å². The first-order valence-corrected chi connectivity index (χ1v) is 10.8. The van der Waals surface area contributed by atoms with Gasteiger partial charge < -0.3 is 14.2 Å². The summed E-state index contributed by atoms with van der Waals surface area (Å²) >= 11 is 0. The third-order valence-corrected chi connectivity index (χ3v) is 6.12. The number of alkyl halides is 2. The van der Waals surface area contributed by atoms with E-state index >= 15 is 0 Å². The second-order valence-corrected chi connectivity index (χ2v) is 8.12. The van der Waals surface area contributed by atoms with E-state index in [4.69, 9.17) is 4.74 Å². The predicted molar refractivity (Wildman–Crippen MR) is 114 cm³/mol. The molecule has 4 heterocycles. The van der Waals surface area contributed by atoms with Crippen LogP contribution in [0.1, 0.15) is 24.4 Å². The number of nitrogens with zero attached hydrogens (tertiary/aromatic N) is 6. The zero-order valence-electron chi connectivity index (χ0n) is 17.4. The van der Waals surface area contributed by atoms with Crippen LogP contribution in [0.15, 0.2) is 30.7 Å². The molecule has 5 rings (SSSR count). The molecule has 0 aliphatic carbocycles. The van der Waals surface area contributed by atoms with Gasteiger partial charge in [0.15, 0.2) is 6.61 Å². The lowest BCUT2D eigenvalue weighted by atomic mass is 10.1. The smallest absolute Gasteiger partial charge is 0.272 e. The van der Waals surface area contributed by atoms with Crippen LogP contribution in [-0.4, -0.2) is 63.6 Å². The molecule has 0 saturated carbocycles. The Morgan fingerprint density at radius 1 is 1.00 bits per heavy atom.